The number of hydrogen-bond acceptors (Lipinski definition) is 4. The maximum absolute atomic E-state index is 12.9. The first-order valence-corrected chi connectivity index (χ1v) is 8.75. The van der Waals surface area contributed by atoms with E-state index in [1.165, 1.54) is 11.4 Å². The van der Waals surface area contributed by atoms with Gasteiger partial charge in [-0.3, -0.25) is 4.79 Å². The molecule has 0 saturated carbocycles. The van der Waals surface area contributed by atoms with E-state index in [1.807, 2.05) is 20.8 Å². The number of sulfonamides is 1. The number of carbonyl (C=O) groups excluding carboxylic acids is 1. The Morgan fingerprint density at radius 3 is 2.45 bits per heavy atom. The summed E-state index contributed by atoms with van der Waals surface area (Å²) >= 11 is 0. The van der Waals surface area contributed by atoms with E-state index in [1.54, 1.807) is 24.3 Å². The maximum Gasteiger partial charge on any atom is 0.307 e. The van der Waals surface area contributed by atoms with Crippen LogP contribution < -0.4 is 0 Å². The number of carbonyl (C=O) groups is 1. The molecule has 5 nitrogen and oxygen atoms in total. The van der Waals surface area contributed by atoms with Crippen molar-refractivity contribution in [2.75, 3.05) is 13.7 Å². The SMILES string of the molecule is COC(=O)C[C@@H]1CC(C)(C)CN1S(=O)(=O)c1ccc(C)cc1. The van der Waals surface area contributed by atoms with Crippen molar-refractivity contribution in [1.29, 1.82) is 0 Å². The molecule has 1 fully saturated rings. The molecule has 0 bridgehead atoms. The fraction of sp³-hybridized carbons (Fsp3) is 0.562. The van der Waals surface area contributed by atoms with Crippen LogP contribution in [-0.2, 0) is 19.6 Å². The molecule has 1 aliphatic heterocycles. The van der Waals surface area contributed by atoms with E-state index in [0.717, 1.165) is 5.56 Å². The second-order valence-electron chi connectivity index (χ2n) is 6.67. The molecular formula is C16H23NO4S. The van der Waals surface area contributed by atoms with E-state index in [9.17, 15) is 13.2 Å². The molecule has 0 unspecified atom stereocenters. The highest BCUT2D eigenvalue weighted by Gasteiger charge is 2.44. The molecule has 1 heterocycles. The lowest BCUT2D eigenvalue weighted by Crippen LogP contribution is -2.37. The summed E-state index contributed by atoms with van der Waals surface area (Å²) in [5, 5.41) is 0. The van der Waals surface area contributed by atoms with Gasteiger partial charge < -0.3 is 4.74 Å². The lowest BCUT2D eigenvalue weighted by atomic mass is 9.90. The summed E-state index contributed by atoms with van der Waals surface area (Å²) < 4.78 is 31.9. The van der Waals surface area contributed by atoms with E-state index in [-0.39, 0.29) is 28.7 Å². The summed E-state index contributed by atoms with van der Waals surface area (Å²) in [5.41, 5.74) is 0.850. The van der Waals surface area contributed by atoms with Crippen LogP contribution in [0.1, 0.15) is 32.3 Å². The van der Waals surface area contributed by atoms with Crippen LogP contribution in [0.25, 0.3) is 0 Å². The molecular weight excluding hydrogens is 302 g/mol. The fourth-order valence-corrected chi connectivity index (χ4v) is 4.74. The third kappa shape index (κ3) is 3.50. The largest absolute Gasteiger partial charge is 0.469 e. The number of aryl methyl sites for hydroxylation is 1. The van der Waals surface area contributed by atoms with Gasteiger partial charge in [0.15, 0.2) is 0 Å². The van der Waals surface area contributed by atoms with Crippen molar-refractivity contribution < 1.29 is 17.9 Å². The number of nitrogens with zero attached hydrogens (tertiary/aromatic N) is 1. The third-order valence-corrected chi connectivity index (χ3v) is 5.95. The minimum absolute atomic E-state index is 0.0883. The number of esters is 1. The van der Waals surface area contributed by atoms with Crippen molar-refractivity contribution in [2.45, 2.75) is 44.6 Å². The zero-order chi connectivity index (χ0) is 16.5. The Hall–Kier alpha value is -1.40. The van der Waals surface area contributed by atoms with Gasteiger partial charge in [0.2, 0.25) is 10.0 Å². The first-order chi connectivity index (χ1) is 10.2. The summed E-state index contributed by atoms with van der Waals surface area (Å²) in [6.07, 6.45) is 0.734. The lowest BCUT2D eigenvalue weighted by molar-refractivity contribution is -0.141. The molecule has 6 heteroatoms. The first kappa shape index (κ1) is 17.0. The van der Waals surface area contributed by atoms with Crippen molar-refractivity contribution in [3.8, 4) is 0 Å². The van der Waals surface area contributed by atoms with E-state index in [0.29, 0.717) is 13.0 Å². The molecule has 22 heavy (non-hydrogen) atoms. The standard InChI is InChI=1S/C16H23NO4S/c1-12-5-7-14(8-6-12)22(19,20)17-11-16(2,3)10-13(17)9-15(18)21-4/h5-8,13H,9-11H2,1-4H3/t13-/m1/s1. The Morgan fingerprint density at radius 1 is 1.32 bits per heavy atom. The maximum atomic E-state index is 12.9. The summed E-state index contributed by atoms with van der Waals surface area (Å²) in [5.74, 6) is -0.383. The second kappa shape index (κ2) is 6.01. The lowest BCUT2D eigenvalue weighted by Gasteiger charge is -2.23. The fourth-order valence-electron chi connectivity index (χ4n) is 2.93. The van der Waals surface area contributed by atoms with Gasteiger partial charge in [-0.1, -0.05) is 31.5 Å². The predicted molar refractivity (Wildman–Crippen MR) is 83.9 cm³/mol. The van der Waals surface area contributed by atoms with Crippen molar-refractivity contribution in [1.82, 2.24) is 4.31 Å². The van der Waals surface area contributed by atoms with Crippen molar-refractivity contribution in [2.24, 2.45) is 5.41 Å². The van der Waals surface area contributed by atoms with Crippen LogP contribution in [-0.4, -0.2) is 38.4 Å². The summed E-state index contributed by atoms with van der Waals surface area (Å²) in [7, 11) is -2.28. The van der Waals surface area contributed by atoms with Crippen LogP contribution in [0.2, 0.25) is 0 Å². The van der Waals surface area contributed by atoms with Gasteiger partial charge in [0, 0.05) is 12.6 Å². The number of benzene rings is 1. The number of hydrogen-bond donors (Lipinski definition) is 0. The molecule has 0 spiro atoms. The van der Waals surface area contributed by atoms with Gasteiger partial charge in [0.25, 0.3) is 0 Å². The molecule has 1 aliphatic rings. The molecule has 0 N–H and O–H groups in total. The highest BCUT2D eigenvalue weighted by atomic mass is 32.2. The van der Waals surface area contributed by atoms with Crippen LogP contribution >= 0.6 is 0 Å². The Labute approximate surface area is 132 Å². The van der Waals surface area contributed by atoms with E-state index >= 15 is 0 Å². The quantitative estimate of drug-likeness (QED) is 0.797. The van der Waals surface area contributed by atoms with Crippen LogP contribution in [0.4, 0.5) is 0 Å². The summed E-state index contributed by atoms with van der Waals surface area (Å²) in [6, 6.07) is 6.44. The Morgan fingerprint density at radius 2 is 1.91 bits per heavy atom. The molecule has 1 saturated heterocycles. The van der Waals surface area contributed by atoms with E-state index < -0.39 is 10.0 Å². The average molecular weight is 325 g/mol. The monoisotopic (exact) mass is 325 g/mol. The van der Waals surface area contributed by atoms with Gasteiger partial charge >= 0.3 is 5.97 Å². The van der Waals surface area contributed by atoms with Gasteiger partial charge in [-0.15, -0.1) is 0 Å². The number of methoxy groups -OCH3 is 1. The molecule has 0 aromatic heterocycles. The predicted octanol–water partition coefficient (Wildman–Crippen LogP) is 2.35. The van der Waals surface area contributed by atoms with E-state index in [2.05, 4.69) is 0 Å². The molecule has 1 aromatic carbocycles. The highest BCUT2D eigenvalue weighted by molar-refractivity contribution is 7.89. The molecule has 1 aromatic rings. The Kier molecular flexibility index (Phi) is 4.63. The molecule has 122 valence electrons. The molecule has 1 atom stereocenters. The van der Waals surface area contributed by atoms with Crippen LogP contribution in [0, 0.1) is 12.3 Å². The number of rotatable bonds is 4. The first-order valence-electron chi connectivity index (χ1n) is 7.31. The van der Waals surface area contributed by atoms with Crippen molar-refractivity contribution >= 4 is 16.0 Å². The van der Waals surface area contributed by atoms with Gasteiger partial charge in [-0.05, 0) is 30.9 Å². The Bertz CT molecular complexity index is 649. The normalized spacial score (nSPS) is 21.7. The van der Waals surface area contributed by atoms with Gasteiger partial charge in [-0.25, -0.2) is 8.42 Å². The summed E-state index contributed by atoms with van der Waals surface area (Å²) in [4.78, 5) is 11.9. The Balaban J connectivity index is 2.34. The number of ether oxygens (including phenoxy) is 1. The topological polar surface area (TPSA) is 63.7 Å². The van der Waals surface area contributed by atoms with Gasteiger partial charge in [-0.2, -0.15) is 4.31 Å². The second-order valence-corrected chi connectivity index (χ2v) is 8.56. The molecule has 0 radical (unpaired) electrons. The van der Waals surface area contributed by atoms with Crippen LogP contribution in [0.5, 0.6) is 0 Å². The van der Waals surface area contributed by atoms with Crippen molar-refractivity contribution in [3.63, 3.8) is 0 Å². The average Bonchev–Trinajstić information content (AvgIpc) is 2.74. The smallest absolute Gasteiger partial charge is 0.307 e. The van der Waals surface area contributed by atoms with Crippen molar-refractivity contribution in [3.05, 3.63) is 29.8 Å². The minimum atomic E-state index is -3.60. The van der Waals surface area contributed by atoms with Crippen LogP contribution in [0.3, 0.4) is 0 Å². The van der Waals surface area contributed by atoms with Crippen LogP contribution in [0.15, 0.2) is 29.2 Å². The van der Waals surface area contributed by atoms with Gasteiger partial charge in [0.1, 0.15) is 0 Å². The third-order valence-electron chi connectivity index (χ3n) is 4.04. The zero-order valence-corrected chi connectivity index (χ0v) is 14.3. The molecule has 0 aliphatic carbocycles. The zero-order valence-electron chi connectivity index (χ0n) is 13.5. The molecule has 0 amide bonds. The molecule has 2 rings (SSSR count). The minimum Gasteiger partial charge on any atom is -0.469 e. The van der Waals surface area contributed by atoms with E-state index in [4.69, 9.17) is 4.74 Å². The van der Waals surface area contributed by atoms with Gasteiger partial charge in [0.05, 0.1) is 18.4 Å². The highest BCUT2D eigenvalue weighted by Crippen LogP contribution is 2.38. The summed E-state index contributed by atoms with van der Waals surface area (Å²) in [6.45, 7) is 6.35.